The quantitative estimate of drug-likeness (QED) is 0.611. The first kappa shape index (κ1) is 13.0. The van der Waals surface area contributed by atoms with Crippen LogP contribution in [0.15, 0.2) is 18.2 Å². The molecule has 90 valence electrons. The maximum absolute atomic E-state index is 12.9. The minimum Gasteiger partial charge on any atom is -0.481 e. The number of hydrogen-bond donors (Lipinski definition) is 1. The van der Waals surface area contributed by atoms with E-state index in [0.29, 0.717) is 12.1 Å². The molecule has 0 aromatic heterocycles. The monoisotopic (exact) mass is 246 g/mol. The number of aliphatic carboxylic acids is 1. The van der Waals surface area contributed by atoms with Crippen molar-refractivity contribution in [1.82, 2.24) is 0 Å². The molecule has 0 saturated heterocycles. The van der Waals surface area contributed by atoms with Gasteiger partial charge in [-0.05, 0) is 18.2 Å². The van der Waals surface area contributed by atoms with Crippen LogP contribution in [0, 0.1) is 17.7 Å². The van der Waals surface area contributed by atoms with E-state index < -0.39 is 29.9 Å². The van der Waals surface area contributed by atoms with E-state index >= 15 is 0 Å². The van der Waals surface area contributed by atoms with E-state index in [4.69, 9.17) is 5.11 Å². The molecule has 1 rings (SSSR count). The van der Waals surface area contributed by atoms with Gasteiger partial charge in [-0.2, -0.15) is 13.2 Å². The molecule has 6 heteroatoms. The highest BCUT2D eigenvalue weighted by atomic mass is 19.4. The molecule has 0 aliphatic rings. The van der Waals surface area contributed by atoms with E-state index in [1.54, 1.807) is 0 Å². The second-order valence-corrected chi connectivity index (χ2v) is 3.10. The van der Waals surface area contributed by atoms with E-state index in [2.05, 4.69) is 11.8 Å². The highest BCUT2D eigenvalue weighted by Crippen LogP contribution is 2.30. The largest absolute Gasteiger partial charge is 0.481 e. The van der Waals surface area contributed by atoms with Crippen molar-refractivity contribution in [3.8, 4) is 11.8 Å². The lowest BCUT2D eigenvalue weighted by molar-refractivity contribution is -0.138. The van der Waals surface area contributed by atoms with Crippen molar-refractivity contribution >= 4 is 5.97 Å². The molecule has 1 aromatic rings. The van der Waals surface area contributed by atoms with Gasteiger partial charge in [0.1, 0.15) is 12.2 Å². The van der Waals surface area contributed by atoms with E-state index in [9.17, 15) is 22.4 Å². The number of carbonyl (C=O) groups is 1. The Bertz CT molecular complexity index is 494. The minimum atomic E-state index is -4.66. The summed E-state index contributed by atoms with van der Waals surface area (Å²) in [5, 5.41) is 8.27. The smallest absolute Gasteiger partial charge is 0.416 e. The van der Waals surface area contributed by atoms with Gasteiger partial charge in [-0.1, -0.05) is 11.8 Å². The molecule has 0 atom stereocenters. The number of rotatable bonds is 1. The van der Waals surface area contributed by atoms with Gasteiger partial charge in [0.15, 0.2) is 0 Å². The van der Waals surface area contributed by atoms with E-state index in [1.807, 2.05) is 0 Å². The molecule has 17 heavy (non-hydrogen) atoms. The Morgan fingerprint density at radius 1 is 1.29 bits per heavy atom. The van der Waals surface area contributed by atoms with Crippen LogP contribution in [-0.4, -0.2) is 11.1 Å². The highest BCUT2D eigenvalue weighted by molar-refractivity contribution is 5.70. The van der Waals surface area contributed by atoms with Crippen molar-refractivity contribution < 1.29 is 27.5 Å². The fraction of sp³-hybridized carbons (Fsp3) is 0.182. The summed E-state index contributed by atoms with van der Waals surface area (Å²) >= 11 is 0. The Morgan fingerprint density at radius 3 is 2.47 bits per heavy atom. The number of hydrogen-bond acceptors (Lipinski definition) is 1. The second-order valence-electron chi connectivity index (χ2n) is 3.10. The predicted molar refractivity (Wildman–Crippen MR) is 50.5 cm³/mol. The SMILES string of the molecule is O=C(O)CC#Cc1cc(F)cc(C(F)(F)F)c1. The van der Waals surface area contributed by atoms with E-state index in [-0.39, 0.29) is 5.56 Å². The molecular weight excluding hydrogens is 240 g/mol. The number of benzene rings is 1. The molecule has 0 saturated carbocycles. The minimum absolute atomic E-state index is 0.210. The predicted octanol–water partition coefficient (Wildman–Crippen LogP) is 2.67. The van der Waals surface area contributed by atoms with Crippen molar-refractivity contribution in [2.24, 2.45) is 0 Å². The van der Waals surface area contributed by atoms with Crippen molar-refractivity contribution in [1.29, 1.82) is 0 Å². The normalized spacial score (nSPS) is 10.6. The summed E-state index contributed by atoms with van der Waals surface area (Å²) in [5.74, 6) is 2.01. The van der Waals surface area contributed by atoms with Crippen molar-refractivity contribution in [3.05, 3.63) is 35.1 Å². The summed E-state index contributed by atoms with van der Waals surface area (Å²) in [6.45, 7) is 0. The summed E-state index contributed by atoms with van der Waals surface area (Å²) in [5.41, 5.74) is -1.37. The number of carboxylic acids is 1. The van der Waals surface area contributed by atoms with Crippen LogP contribution in [-0.2, 0) is 11.0 Å². The van der Waals surface area contributed by atoms with E-state index in [0.717, 1.165) is 6.07 Å². The molecule has 0 spiro atoms. The Labute approximate surface area is 93.9 Å². The topological polar surface area (TPSA) is 37.3 Å². The Kier molecular flexibility index (Phi) is 3.73. The standard InChI is InChI=1S/C11H6F4O2/c12-9-5-7(2-1-3-10(16)17)4-8(6-9)11(13,14)15/h4-6H,3H2,(H,16,17). The molecule has 1 aromatic carbocycles. The van der Waals surface area contributed by atoms with Crippen molar-refractivity contribution in [2.75, 3.05) is 0 Å². The first-order valence-corrected chi connectivity index (χ1v) is 4.37. The maximum atomic E-state index is 12.9. The van der Waals surface area contributed by atoms with Crippen LogP contribution in [0.4, 0.5) is 17.6 Å². The summed E-state index contributed by atoms with van der Waals surface area (Å²) in [6, 6.07) is 1.82. The second kappa shape index (κ2) is 4.87. The lowest BCUT2D eigenvalue weighted by Gasteiger charge is -2.06. The first-order chi connectivity index (χ1) is 7.79. The molecular formula is C11H6F4O2. The van der Waals surface area contributed by atoms with Gasteiger partial charge in [-0.15, -0.1) is 0 Å². The van der Waals surface area contributed by atoms with Gasteiger partial charge in [0.05, 0.1) is 5.56 Å². The third-order valence-electron chi connectivity index (χ3n) is 1.70. The highest BCUT2D eigenvalue weighted by Gasteiger charge is 2.31. The van der Waals surface area contributed by atoms with Crippen LogP contribution in [0.1, 0.15) is 17.5 Å². The van der Waals surface area contributed by atoms with Crippen LogP contribution in [0.2, 0.25) is 0 Å². The van der Waals surface area contributed by atoms with Crippen LogP contribution >= 0.6 is 0 Å². The molecule has 0 bridgehead atoms. The Morgan fingerprint density at radius 2 is 1.94 bits per heavy atom. The summed E-state index contributed by atoms with van der Waals surface area (Å²) < 4.78 is 49.7. The summed E-state index contributed by atoms with van der Waals surface area (Å²) in [4.78, 5) is 10.1. The van der Waals surface area contributed by atoms with Gasteiger partial charge in [-0.25, -0.2) is 4.39 Å². The molecule has 0 heterocycles. The van der Waals surface area contributed by atoms with Crippen LogP contribution in [0.3, 0.4) is 0 Å². The average molecular weight is 246 g/mol. The van der Waals surface area contributed by atoms with Crippen LogP contribution in [0.25, 0.3) is 0 Å². The zero-order chi connectivity index (χ0) is 13.1. The van der Waals surface area contributed by atoms with Gasteiger partial charge in [0.25, 0.3) is 0 Å². The van der Waals surface area contributed by atoms with Gasteiger partial charge in [0.2, 0.25) is 0 Å². The zero-order valence-electron chi connectivity index (χ0n) is 8.31. The summed E-state index contributed by atoms with van der Waals surface area (Å²) in [7, 11) is 0. The van der Waals surface area contributed by atoms with Gasteiger partial charge >= 0.3 is 12.1 Å². The fourth-order valence-corrected chi connectivity index (χ4v) is 1.05. The molecule has 0 radical (unpaired) electrons. The molecule has 2 nitrogen and oxygen atoms in total. The third-order valence-corrected chi connectivity index (χ3v) is 1.70. The Balaban J connectivity index is 3.05. The molecule has 0 aliphatic heterocycles. The lowest BCUT2D eigenvalue weighted by atomic mass is 10.1. The first-order valence-electron chi connectivity index (χ1n) is 4.37. The molecule has 0 fully saturated rings. The molecule has 0 amide bonds. The van der Waals surface area contributed by atoms with Crippen molar-refractivity contribution in [3.63, 3.8) is 0 Å². The fourth-order valence-electron chi connectivity index (χ4n) is 1.05. The zero-order valence-corrected chi connectivity index (χ0v) is 8.31. The average Bonchev–Trinajstić information content (AvgIpc) is 2.14. The lowest BCUT2D eigenvalue weighted by Crippen LogP contribution is -2.05. The van der Waals surface area contributed by atoms with Gasteiger partial charge in [0, 0.05) is 5.56 Å². The number of carboxylic acid groups (broad SMARTS) is 1. The van der Waals surface area contributed by atoms with Gasteiger partial charge < -0.3 is 5.11 Å². The third kappa shape index (κ3) is 4.15. The Hall–Kier alpha value is -2.03. The number of alkyl halides is 3. The van der Waals surface area contributed by atoms with Gasteiger partial charge in [-0.3, -0.25) is 4.79 Å². The van der Waals surface area contributed by atoms with E-state index in [1.165, 1.54) is 0 Å². The van der Waals surface area contributed by atoms with Crippen LogP contribution in [0.5, 0.6) is 0 Å². The number of halogens is 4. The van der Waals surface area contributed by atoms with Crippen molar-refractivity contribution in [2.45, 2.75) is 12.6 Å². The molecule has 1 N–H and O–H groups in total. The van der Waals surface area contributed by atoms with Crippen LogP contribution < -0.4 is 0 Å². The molecule has 0 aliphatic carbocycles. The molecule has 0 unspecified atom stereocenters. The summed E-state index contributed by atoms with van der Waals surface area (Å²) in [6.07, 6.45) is -5.18. The maximum Gasteiger partial charge on any atom is 0.416 e.